The van der Waals surface area contributed by atoms with Crippen molar-refractivity contribution in [3.8, 4) is 0 Å². The molecule has 0 fully saturated rings. The zero-order valence-corrected chi connectivity index (χ0v) is 10.6. The molecule has 0 unspecified atom stereocenters. The molecule has 0 amide bonds. The first-order valence-corrected chi connectivity index (χ1v) is 8.79. The standard InChI is InChI=1S/C4H8O2.C4H9.O.Sn/c1-2-3-4(5)6;1-3-4-2;;/h2-3H2,1H3,(H,5,6);1,3-4H2,2H3;;/q;;;+1/p-1. The topological polar surface area (TPSA) is 43.4 Å². The predicted octanol–water partition coefficient (Wildman–Crippen LogP) is 2.05. The van der Waals surface area contributed by atoms with Crippen LogP contribution in [0.2, 0.25) is 4.44 Å². The number of unbranched alkanes of at least 4 members (excludes halogenated alkanes) is 1. The molecular formula is C8H16O3Sn. The van der Waals surface area contributed by atoms with E-state index in [0.29, 0.717) is 10.9 Å². The van der Waals surface area contributed by atoms with E-state index in [9.17, 15) is 7.87 Å². The number of rotatable bonds is 6. The van der Waals surface area contributed by atoms with Crippen molar-refractivity contribution < 1.29 is 10.9 Å². The third-order valence-corrected chi connectivity index (χ3v) is 4.89. The minimum atomic E-state index is -2.93. The molecule has 0 saturated heterocycles. The molecule has 0 aromatic carbocycles. The Hall–Kier alpha value is 0.0687. The molecule has 0 N–H and O–H groups in total. The Labute approximate surface area is 81.1 Å². The van der Waals surface area contributed by atoms with Crippen LogP contribution in [0.25, 0.3) is 0 Å². The fourth-order valence-corrected chi connectivity index (χ4v) is 3.89. The molecule has 0 aromatic heterocycles. The van der Waals surface area contributed by atoms with Gasteiger partial charge >= 0.3 is 81.0 Å². The van der Waals surface area contributed by atoms with Crippen molar-refractivity contribution in [3.63, 3.8) is 0 Å². The molecule has 0 rings (SSSR count). The number of hydrogen-bond acceptors (Lipinski definition) is 3. The van der Waals surface area contributed by atoms with E-state index in [4.69, 9.17) is 3.07 Å². The van der Waals surface area contributed by atoms with Crippen LogP contribution in [-0.4, -0.2) is 26.1 Å². The van der Waals surface area contributed by atoms with E-state index in [1.54, 1.807) is 0 Å². The van der Waals surface area contributed by atoms with Gasteiger partial charge < -0.3 is 0 Å². The van der Waals surface area contributed by atoms with Crippen LogP contribution < -0.4 is 0 Å². The van der Waals surface area contributed by atoms with Gasteiger partial charge in [0, 0.05) is 0 Å². The van der Waals surface area contributed by atoms with Gasteiger partial charge in [-0.1, -0.05) is 0 Å². The van der Waals surface area contributed by atoms with Crippen molar-refractivity contribution in [2.24, 2.45) is 0 Å². The first kappa shape index (κ1) is 12.1. The number of carbonyl (C=O) groups excluding carboxylic acids is 1. The first-order chi connectivity index (χ1) is 5.70. The molecular weight excluding hydrogens is 263 g/mol. The van der Waals surface area contributed by atoms with Gasteiger partial charge in [0.2, 0.25) is 0 Å². The van der Waals surface area contributed by atoms with E-state index >= 15 is 0 Å². The summed E-state index contributed by atoms with van der Waals surface area (Å²) >= 11 is -2.93. The number of carbonyl (C=O) groups is 1. The number of hydrogen-bond donors (Lipinski definition) is 0. The van der Waals surface area contributed by atoms with Gasteiger partial charge in [-0.2, -0.15) is 0 Å². The summed E-state index contributed by atoms with van der Waals surface area (Å²) in [5, 5.41) is 0. The maximum absolute atomic E-state index is 11.1. The van der Waals surface area contributed by atoms with E-state index in [-0.39, 0.29) is 5.97 Å². The minimum absolute atomic E-state index is 0.280. The van der Waals surface area contributed by atoms with Crippen LogP contribution in [-0.2, 0) is 10.9 Å². The summed E-state index contributed by atoms with van der Waals surface area (Å²) in [7, 11) is 0. The summed E-state index contributed by atoms with van der Waals surface area (Å²) < 4.78 is 16.6. The second kappa shape index (κ2) is 7.70. The van der Waals surface area contributed by atoms with E-state index in [2.05, 4.69) is 0 Å². The zero-order chi connectivity index (χ0) is 9.40. The summed E-state index contributed by atoms with van der Waals surface area (Å²) in [6.07, 6.45) is 3.09. The molecule has 0 heterocycles. The Morgan fingerprint density at radius 2 is 2.00 bits per heavy atom. The van der Waals surface area contributed by atoms with Gasteiger partial charge in [0.05, 0.1) is 0 Å². The molecule has 0 bridgehead atoms. The monoisotopic (exact) mass is 280 g/mol. The van der Waals surface area contributed by atoms with Gasteiger partial charge in [-0.3, -0.25) is 0 Å². The molecule has 0 atom stereocenters. The van der Waals surface area contributed by atoms with Crippen molar-refractivity contribution in [3.05, 3.63) is 0 Å². The quantitative estimate of drug-likeness (QED) is 0.699. The normalized spacial score (nSPS) is 9.50. The van der Waals surface area contributed by atoms with Crippen LogP contribution in [0.15, 0.2) is 0 Å². The summed E-state index contributed by atoms with van der Waals surface area (Å²) in [6, 6.07) is 0. The summed E-state index contributed by atoms with van der Waals surface area (Å²) in [6.45, 7) is 3.94. The van der Waals surface area contributed by atoms with Crippen LogP contribution >= 0.6 is 0 Å². The SMILES string of the molecule is CCC[CH2][Sn](=[O])[O]C(=O)CCC. The van der Waals surface area contributed by atoms with Crippen molar-refractivity contribution in [2.45, 2.75) is 44.0 Å². The van der Waals surface area contributed by atoms with Crippen LogP contribution in [0, 0.1) is 0 Å². The molecule has 0 aromatic rings. The Balaban J connectivity index is 3.47. The third kappa shape index (κ3) is 6.76. The molecule has 0 spiro atoms. The van der Waals surface area contributed by atoms with Crippen LogP contribution in [0.5, 0.6) is 0 Å². The maximum atomic E-state index is 11.1. The van der Waals surface area contributed by atoms with E-state index in [1.807, 2.05) is 13.8 Å². The van der Waals surface area contributed by atoms with Gasteiger partial charge in [-0.05, 0) is 0 Å². The van der Waals surface area contributed by atoms with E-state index < -0.39 is 20.2 Å². The fourth-order valence-electron chi connectivity index (χ4n) is 0.754. The summed E-state index contributed by atoms with van der Waals surface area (Å²) in [5.74, 6) is -0.280. The van der Waals surface area contributed by atoms with Gasteiger partial charge in [0.25, 0.3) is 0 Å². The molecule has 70 valence electrons. The van der Waals surface area contributed by atoms with Gasteiger partial charge in [0.1, 0.15) is 0 Å². The van der Waals surface area contributed by atoms with Crippen molar-refractivity contribution in [2.75, 3.05) is 0 Å². The van der Waals surface area contributed by atoms with E-state index in [1.165, 1.54) is 0 Å². The fraction of sp³-hybridized carbons (Fsp3) is 0.875. The first-order valence-electron chi connectivity index (χ1n) is 4.44. The molecule has 0 aliphatic rings. The molecule has 0 aliphatic carbocycles. The average Bonchev–Trinajstić information content (AvgIpc) is 2.01. The van der Waals surface area contributed by atoms with Crippen LogP contribution in [0.1, 0.15) is 39.5 Å². The third-order valence-electron chi connectivity index (χ3n) is 1.42. The van der Waals surface area contributed by atoms with Crippen molar-refractivity contribution in [1.82, 2.24) is 0 Å². The Kier molecular flexibility index (Phi) is 7.75. The second-order valence-electron chi connectivity index (χ2n) is 2.70. The van der Waals surface area contributed by atoms with E-state index in [0.717, 1.165) is 19.3 Å². The summed E-state index contributed by atoms with van der Waals surface area (Å²) in [4.78, 5) is 10.8. The Bertz CT molecular complexity index is 156. The van der Waals surface area contributed by atoms with Crippen molar-refractivity contribution >= 4 is 26.1 Å². The van der Waals surface area contributed by atoms with Crippen molar-refractivity contribution in [1.29, 1.82) is 0 Å². The summed E-state index contributed by atoms with van der Waals surface area (Å²) in [5.41, 5.74) is 0. The van der Waals surface area contributed by atoms with Gasteiger partial charge in [0.15, 0.2) is 0 Å². The average molecular weight is 279 g/mol. The molecule has 0 saturated carbocycles. The Morgan fingerprint density at radius 3 is 2.50 bits per heavy atom. The zero-order valence-electron chi connectivity index (χ0n) is 7.76. The molecule has 4 heteroatoms. The molecule has 0 radical (unpaired) electrons. The van der Waals surface area contributed by atoms with Gasteiger partial charge in [-0.15, -0.1) is 0 Å². The van der Waals surface area contributed by atoms with Crippen LogP contribution in [0.3, 0.4) is 0 Å². The second-order valence-corrected chi connectivity index (χ2v) is 6.83. The molecule has 0 aliphatic heterocycles. The Morgan fingerprint density at radius 1 is 1.33 bits per heavy atom. The molecule has 3 nitrogen and oxygen atoms in total. The van der Waals surface area contributed by atoms with Crippen LogP contribution in [0.4, 0.5) is 0 Å². The predicted molar refractivity (Wildman–Crippen MR) is 47.2 cm³/mol. The molecule has 12 heavy (non-hydrogen) atoms. The van der Waals surface area contributed by atoms with Gasteiger partial charge in [-0.25, -0.2) is 0 Å².